The molecule has 0 unspecified atom stereocenters. The Bertz CT molecular complexity index is 588. The molecule has 0 aromatic carbocycles. The van der Waals surface area contributed by atoms with Crippen molar-refractivity contribution in [3.63, 3.8) is 0 Å². The van der Waals surface area contributed by atoms with Gasteiger partial charge in [-0.1, -0.05) is 11.6 Å². The van der Waals surface area contributed by atoms with Gasteiger partial charge in [-0.25, -0.2) is 4.98 Å². The topological polar surface area (TPSA) is 43.1 Å². The van der Waals surface area contributed by atoms with Crippen LogP contribution in [0.3, 0.4) is 0 Å². The molecule has 90 valence electrons. The highest BCUT2D eigenvalue weighted by Gasteiger charge is 2.35. The molecule has 0 saturated heterocycles. The van der Waals surface area contributed by atoms with Crippen LogP contribution in [-0.4, -0.2) is 19.6 Å². The van der Waals surface area contributed by atoms with E-state index in [2.05, 4.69) is 15.1 Å². The minimum absolute atomic E-state index is 0.105. The second-order valence-corrected chi connectivity index (χ2v) is 4.31. The van der Waals surface area contributed by atoms with Crippen molar-refractivity contribution in [2.24, 2.45) is 0 Å². The molecule has 0 atom stereocenters. The van der Waals surface area contributed by atoms with Crippen molar-refractivity contribution in [2.45, 2.75) is 24.9 Å². The van der Waals surface area contributed by atoms with Crippen LogP contribution in [0.15, 0.2) is 6.07 Å². The lowest BCUT2D eigenvalue weighted by Gasteiger charge is -2.05. The largest absolute Gasteiger partial charge is 0.433 e. The Morgan fingerprint density at radius 3 is 2.59 bits per heavy atom. The summed E-state index contributed by atoms with van der Waals surface area (Å²) in [5.74, 6) is 0.646. The first kappa shape index (κ1) is 10.8. The van der Waals surface area contributed by atoms with Crippen LogP contribution in [0.5, 0.6) is 0 Å². The number of rotatable bonds is 1. The molecule has 1 aliphatic carbocycles. The van der Waals surface area contributed by atoms with Crippen molar-refractivity contribution in [1.82, 2.24) is 19.6 Å². The third kappa shape index (κ3) is 1.84. The molecule has 2 aromatic rings. The van der Waals surface area contributed by atoms with E-state index in [0.717, 1.165) is 23.4 Å². The minimum Gasteiger partial charge on any atom is -0.206 e. The maximum absolute atomic E-state index is 12.5. The first-order valence-corrected chi connectivity index (χ1v) is 5.33. The Balaban J connectivity index is 2.18. The van der Waals surface area contributed by atoms with Gasteiger partial charge in [-0.15, -0.1) is 5.10 Å². The molecule has 1 fully saturated rings. The van der Waals surface area contributed by atoms with Gasteiger partial charge in [0.05, 0.1) is 0 Å². The van der Waals surface area contributed by atoms with Crippen LogP contribution in [0, 0.1) is 0 Å². The minimum atomic E-state index is -4.53. The molecule has 4 nitrogen and oxygen atoms in total. The summed E-state index contributed by atoms with van der Waals surface area (Å²) in [4.78, 5) is 7.38. The molecule has 0 amide bonds. The lowest BCUT2D eigenvalue weighted by molar-refractivity contribution is -0.141. The summed E-state index contributed by atoms with van der Waals surface area (Å²) in [5, 5.41) is 3.90. The molecule has 8 heteroatoms. The third-order valence-electron chi connectivity index (χ3n) is 2.52. The summed E-state index contributed by atoms with van der Waals surface area (Å²) in [7, 11) is 0. The maximum Gasteiger partial charge on any atom is 0.433 e. The van der Waals surface area contributed by atoms with Gasteiger partial charge in [0, 0.05) is 12.0 Å². The molecule has 0 aliphatic heterocycles. The molecular weight excluding hydrogens is 257 g/mol. The normalized spacial score (nSPS) is 16.7. The fourth-order valence-electron chi connectivity index (χ4n) is 1.51. The summed E-state index contributed by atoms with van der Waals surface area (Å²) in [5.41, 5.74) is -1.05. The monoisotopic (exact) mass is 262 g/mol. The molecule has 0 spiro atoms. The second-order valence-electron chi connectivity index (χ2n) is 3.92. The molecule has 2 heterocycles. The third-order valence-corrected chi connectivity index (χ3v) is 2.79. The second kappa shape index (κ2) is 3.32. The zero-order chi connectivity index (χ0) is 12.2. The first-order valence-electron chi connectivity index (χ1n) is 4.95. The van der Waals surface area contributed by atoms with E-state index in [1.54, 1.807) is 0 Å². The van der Waals surface area contributed by atoms with Gasteiger partial charge in [0.2, 0.25) is 0 Å². The Kier molecular flexibility index (Phi) is 2.10. The Labute approximate surface area is 98.4 Å². The highest BCUT2D eigenvalue weighted by atomic mass is 35.5. The molecule has 0 bridgehead atoms. The summed E-state index contributed by atoms with van der Waals surface area (Å²) in [6, 6.07) is 0.750. The number of hydrogen-bond donors (Lipinski definition) is 0. The van der Waals surface area contributed by atoms with Crippen LogP contribution in [0.4, 0.5) is 13.2 Å². The van der Waals surface area contributed by atoms with Gasteiger partial charge < -0.3 is 0 Å². The van der Waals surface area contributed by atoms with Gasteiger partial charge >= 0.3 is 6.18 Å². The number of alkyl halides is 3. The number of aromatic nitrogens is 4. The smallest absolute Gasteiger partial charge is 0.206 e. The number of nitrogens with zero attached hydrogens (tertiary/aromatic N) is 4. The predicted molar refractivity (Wildman–Crippen MR) is 52.8 cm³/mol. The van der Waals surface area contributed by atoms with E-state index in [0.29, 0.717) is 5.82 Å². The first-order chi connectivity index (χ1) is 7.95. The molecular formula is C9H6ClF3N4. The zero-order valence-corrected chi connectivity index (χ0v) is 9.13. The number of fused-ring (bicyclic) bond motifs is 1. The highest BCUT2D eigenvalue weighted by Crippen LogP contribution is 2.38. The standard InChI is InChI=1S/C9H6ClF3N4/c10-6-3-5(9(11,12)13)14-8-15-7(4-1-2-4)16-17(6)8/h3-4H,1-2H2. The molecule has 2 aromatic heterocycles. The Morgan fingerprint density at radius 2 is 2.00 bits per heavy atom. The van der Waals surface area contributed by atoms with E-state index < -0.39 is 11.9 Å². The van der Waals surface area contributed by atoms with Crippen LogP contribution in [-0.2, 0) is 6.18 Å². The summed E-state index contributed by atoms with van der Waals surface area (Å²) >= 11 is 5.73. The number of hydrogen-bond acceptors (Lipinski definition) is 3. The molecule has 3 rings (SSSR count). The van der Waals surface area contributed by atoms with Gasteiger partial charge in [-0.05, 0) is 12.8 Å². The summed E-state index contributed by atoms with van der Waals surface area (Å²) in [6.07, 6.45) is -2.61. The molecule has 1 aliphatic rings. The van der Waals surface area contributed by atoms with Crippen molar-refractivity contribution in [3.05, 3.63) is 22.7 Å². The average Bonchev–Trinajstić information content (AvgIpc) is 2.97. The van der Waals surface area contributed by atoms with Crippen molar-refractivity contribution >= 4 is 17.4 Å². The molecule has 17 heavy (non-hydrogen) atoms. The van der Waals surface area contributed by atoms with Crippen LogP contribution in [0.25, 0.3) is 5.78 Å². The molecule has 0 N–H and O–H groups in total. The fraction of sp³-hybridized carbons (Fsp3) is 0.444. The zero-order valence-electron chi connectivity index (χ0n) is 8.37. The fourth-order valence-corrected chi connectivity index (χ4v) is 1.73. The molecule has 0 radical (unpaired) electrons. The Morgan fingerprint density at radius 1 is 1.29 bits per heavy atom. The van der Waals surface area contributed by atoms with Crippen LogP contribution in [0.2, 0.25) is 5.15 Å². The number of halogens is 4. The average molecular weight is 263 g/mol. The predicted octanol–water partition coefficient (Wildman–Crippen LogP) is 2.67. The van der Waals surface area contributed by atoms with Gasteiger partial charge in [0.15, 0.2) is 11.5 Å². The van der Waals surface area contributed by atoms with Crippen molar-refractivity contribution in [2.75, 3.05) is 0 Å². The van der Waals surface area contributed by atoms with Crippen molar-refractivity contribution in [1.29, 1.82) is 0 Å². The lowest BCUT2D eigenvalue weighted by Crippen LogP contribution is -2.10. The van der Waals surface area contributed by atoms with E-state index in [1.807, 2.05) is 0 Å². The van der Waals surface area contributed by atoms with Gasteiger partial charge in [0.1, 0.15) is 5.15 Å². The van der Waals surface area contributed by atoms with Gasteiger partial charge in [-0.2, -0.15) is 22.7 Å². The van der Waals surface area contributed by atoms with E-state index in [1.165, 1.54) is 0 Å². The van der Waals surface area contributed by atoms with Gasteiger partial charge in [-0.3, -0.25) is 0 Å². The quantitative estimate of drug-likeness (QED) is 0.742. The summed E-state index contributed by atoms with van der Waals surface area (Å²) in [6.45, 7) is 0. The van der Waals surface area contributed by atoms with Crippen molar-refractivity contribution < 1.29 is 13.2 Å². The summed E-state index contributed by atoms with van der Waals surface area (Å²) < 4.78 is 38.6. The van der Waals surface area contributed by atoms with Crippen LogP contribution >= 0.6 is 11.6 Å². The molecule has 1 saturated carbocycles. The van der Waals surface area contributed by atoms with Crippen LogP contribution < -0.4 is 0 Å². The maximum atomic E-state index is 12.5. The van der Waals surface area contributed by atoms with Gasteiger partial charge in [0.25, 0.3) is 5.78 Å². The highest BCUT2D eigenvalue weighted by molar-refractivity contribution is 6.29. The van der Waals surface area contributed by atoms with Crippen molar-refractivity contribution in [3.8, 4) is 0 Å². The Hall–Kier alpha value is -1.37. The van der Waals surface area contributed by atoms with E-state index >= 15 is 0 Å². The van der Waals surface area contributed by atoms with E-state index in [4.69, 9.17) is 11.6 Å². The van der Waals surface area contributed by atoms with Crippen LogP contribution in [0.1, 0.15) is 30.3 Å². The lowest BCUT2D eigenvalue weighted by atomic mass is 10.4. The van der Waals surface area contributed by atoms with E-state index in [-0.39, 0.29) is 16.8 Å². The van der Waals surface area contributed by atoms with E-state index in [9.17, 15) is 13.2 Å². The SMILES string of the molecule is FC(F)(F)c1cc(Cl)n2nc(C3CC3)nc2n1.